The van der Waals surface area contributed by atoms with Gasteiger partial charge < -0.3 is 10.1 Å². The first kappa shape index (κ1) is 14.1. The van der Waals surface area contributed by atoms with Gasteiger partial charge in [-0.2, -0.15) is 0 Å². The van der Waals surface area contributed by atoms with Crippen LogP contribution in [-0.4, -0.2) is 13.7 Å². The van der Waals surface area contributed by atoms with Crippen molar-refractivity contribution in [3.8, 4) is 5.75 Å². The van der Waals surface area contributed by atoms with Crippen LogP contribution in [0.15, 0.2) is 41.8 Å². The smallest absolute Gasteiger partial charge is 0.134 e. The van der Waals surface area contributed by atoms with Crippen molar-refractivity contribution in [1.29, 1.82) is 0 Å². The first-order valence-corrected chi connectivity index (χ1v) is 7.61. The lowest BCUT2D eigenvalue weighted by Crippen LogP contribution is -2.21. The highest BCUT2D eigenvalue weighted by atomic mass is 32.1. The molecule has 102 valence electrons. The molecule has 0 saturated carbocycles. The minimum Gasteiger partial charge on any atom is -0.496 e. The molecular weight excluding hydrogens is 254 g/mol. The van der Waals surface area contributed by atoms with E-state index >= 15 is 0 Å². The van der Waals surface area contributed by atoms with Crippen molar-refractivity contribution in [3.63, 3.8) is 0 Å². The maximum Gasteiger partial charge on any atom is 0.134 e. The van der Waals surface area contributed by atoms with Gasteiger partial charge in [0, 0.05) is 6.04 Å². The zero-order valence-corrected chi connectivity index (χ0v) is 12.4. The lowest BCUT2D eigenvalue weighted by atomic mass is 10.0. The SMILES string of the molecule is CCNC(CCc1ccccc1)c1sccc1OC. The van der Waals surface area contributed by atoms with Gasteiger partial charge in [-0.15, -0.1) is 11.3 Å². The molecule has 0 spiro atoms. The molecule has 1 atom stereocenters. The Morgan fingerprint density at radius 2 is 2.00 bits per heavy atom. The van der Waals surface area contributed by atoms with Crippen molar-refractivity contribution in [2.45, 2.75) is 25.8 Å². The lowest BCUT2D eigenvalue weighted by Gasteiger charge is -2.18. The van der Waals surface area contributed by atoms with Gasteiger partial charge in [0.05, 0.1) is 12.0 Å². The van der Waals surface area contributed by atoms with Crippen LogP contribution in [0, 0.1) is 0 Å². The van der Waals surface area contributed by atoms with Crippen molar-refractivity contribution in [2.75, 3.05) is 13.7 Å². The summed E-state index contributed by atoms with van der Waals surface area (Å²) in [6, 6.07) is 13.1. The third-order valence-corrected chi connectivity index (χ3v) is 4.22. The van der Waals surface area contributed by atoms with E-state index in [0.717, 1.165) is 25.1 Å². The van der Waals surface area contributed by atoms with Crippen molar-refractivity contribution < 1.29 is 4.74 Å². The number of ether oxygens (including phenoxy) is 1. The summed E-state index contributed by atoms with van der Waals surface area (Å²) in [5.41, 5.74) is 1.39. The zero-order valence-electron chi connectivity index (χ0n) is 11.6. The lowest BCUT2D eigenvalue weighted by molar-refractivity contribution is 0.401. The van der Waals surface area contributed by atoms with E-state index in [2.05, 4.69) is 48.0 Å². The molecule has 1 unspecified atom stereocenters. The standard InChI is InChI=1S/C16H21NOS/c1-3-17-14(16-15(18-2)11-12-19-16)10-9-13-7-5-4-6-8-13/h4-8,11-12,14,17H,3,9-10H2,1-2H3. The van der Waals surface area contributed by atoms with Gasteiger partial charge in [0.25, 0.3) is 0 Å². The van der Waals surface area contributed by atoms with E-state index in [4.69, 9.17) is 4.74 Å². The van der Waals surface area contributed by atoms with Gasteiger partial charge in [0.2, 0.25) is 0 Å². The maximum atomic E-state index is 5.44. The molecule has 1 heterocycles. The Labute approximate surface area is 119 Å². The van der Waals surface area contributed by atoms with E-state index in [-0.39, 0.29) is 0 Å². The number of aryl methyl sites for hydroxylation is 1. The molecule has 1 N–H and O–H groups in total. The number of hydrogen-bond acceptors (Lipinski definition) is 3. The third-order valence-electron chi connectivity index (χ3n) is 3.21. The highest BCUT2D eigenvalue weighted by molar-refractivity contribution is 7.10. The van der Waals surface area contributed by atoms with Crippen LogP contribution in [0.3, 0.4) is 0 Å². The second kappa shape index (κ2) is 7.31. The molecule has 0 radical (unpaired) electrons. The van der Waals surface area contributed by atoms with Crippen LogP contribution >= 0.6 is 11.3 Å². The Morgan fingerprint density at radius 3 is 2.68 bits per heavy atom. The molecule has 1 aromatic heterocycles. The molecule has 0 fully saturated rings. The summed E-state index contributed by atoms with van der Waals surface area (Å²) in [7, 11) is 1.74. The molecule has 0 aliphatic heterocycles. The summed E-state index contributed by atoms with van der Waals surface area (Å²) in [6.07, 6.45) is 2.17. The Bertz CT molecular complexity index is 481. The van der Waals surface area contributed by atoms with Gasteiger partial charge in [-0.1, -0.05) is 37.3 Å². The van der Waals surface area contributed by atoms with Crippen LogP contribution in [0.4, 0.5) is 0 Å². The van der Waals surface area contributed by atoms with Gasteiger partial charge in [-0.3, -0.25) is 0 Å². The topological polar surface area (TPSA) is 21.3 Å². The Kier molecular flexibility index (Phi) is 5.43. The molecule has 1 aromatic carbocycles. The first-order chi connectivity index (χ1) is 9.35. The van der Waals surface area contributed by atoms with E-state index in [1.54, 1.807) is 18.4 Å². The third kappa shape index (κ3) is 3.82. The van der Waals surface area contributed by atoms with Gasteiger partial charge in [0.1, 0.15) is 5.75 Å². The second-order valence-corrected chi connectivity index (χ2v) is 5.44. The minimum atomic E-state index is 0.375. The number of rotatable bonds is 7. The molecule has 3 heteroatoms. The number of hydrogen-bond donors (Lipinski definition) is 1. The molecule has 0 amide bonds. The molecule has 2 rings (SSSR count). The number of nitrogens with one attached hydrogen (secondary N) is 1. The average Bonchev–Trinajstić information content (AvgIpc) is 2.93. The summed E-state index contributed by atoms with van der Waals surface area (Å²) in [5.74, 6) is 1.00. The van der Waals surface area contributed by atoms with Crippen LogP contribution in [-0.2, 0) is 6.42 Å². The Balaban J connectivity index is 2.04. The predicted molar refractivity (Wildman–Crippen MR) is 82.1 cm³/mol. The summed E-state index contributed by atoms with van der Waals surface area (Å²) < 4.78 is 5.44. The van der Waals surface area contributed by atoms with E-state index in [1.165, 1.54) is 10.4 Å². The molecule has 0 saturated heterocycles. The summed E-state index contributed by atoms with van der Waals surface area (Å²) in [6.45, 7) is 3.12. The molecule has 0 aliphatic carbocycles. The summed E-state index contributed by atoms with van der Waals surface area (Å²) >= 11 is 1.77. The monoisotopic (exact) mass is 275 g/mol. The van der Waals surface area contributed by atoms with Gasteiger partial charge in [-0.05, 0) is 36.4 Å². The van der Waals surface area contributed by atoms with Crippen LogP contribution in [0.2, 0.25) is 0 Å². The van der Waals surface area contributed by atoms with Crippen molar-refractivity contribution in [3.05, 3.63) is 52.2 Å². The molecule has 2 nitrogen and oxygen atoms in total. The van der Waals surface area contributed by atoms with Crippen LogP contribution < -0.4 is 10.1 Å². The fourth-order valence-electron chi connectivity index (χ4n) is 2.26. The largest absolute Gasteiger partial charge is 0.496 e. The van der Waals surface area contributed by atoms with Gasteiger partial charge in [-0.25, -0.2) is 0 Å². The normalized spacial score (nSPS) is 12.3. The van der Waals surface area contributed by atoms with Crippen LogP contribution in [0.5, 0.6) is 5.75 Å². The summed E-state index contributed by atoms with van der Waals surface area (Å²) in [5, 5.41) is 5.66. The predicted octanol–water partition coefficient (Wildman–Crippen LogP) is 4.04. The zero-order chi connectivity index (χ0) is 13.5. The average molecular weight is 275 g/mol. The maximum absolute atomic E-state index is 5.44. The Morgan fingerprint density at radius 1 is 1.21 bits per heavy atom. The van der Waals surface area contributed by atoms with Crippen LogP contribution in [0.1, 0.15) is 29.8 Å². The first-order valence-electron chi connectivity index (χ1n) is 6.73. The van der Waals surface area contributed by atoms with Gasteiger partial charge >= 0.3 is 0 Å². The quantitative estimate of drug-likeness (QED) is 0.823. The number of benzene rings is 1. The molecule has 19 heavy (non-hydrogen) atoms. The van der Waals surface area contributed by atoms with Crippen LogP contribution in [0.25, 0.3) is 0 Å². The molecular formula is C16H21NOS. The van der Waals surface area contributed by atoms with Crippen molar-refractivity contribution in [2.24, 2.45) is 0 Å². The fourth-order valence-corrected chi connectivity index (χ4v) is 3.23. The van der Waals surface area contributed by atoms with E-state index < -0.39 is 0 Å². The van der Waals surface area contributed by atoms with E-state index in [9.17, 15) is 0 Å². The molecule has 0 aliphatic rings. The highest BCUT2D eigenvalue weighted by Crippen LogP contribution is 2.33. The van der Waals surface area contributed by atoms with Gasteiger partial charge in [0.15, 0.2) is 0 Å². The summed E-state index contributed by atoms with van der Waals surface area (Å²) in [4.78, 5) is 1.31. The molecule has 2 aromatic rings. The Hall–Kier alpha value is -1.32. The molecule has 0 bridgehead atoms. The highest BCUT2D eigenvalue weighted by Gasteiger charge is 2.16. The number of thiophene rings is 1. The minimum absolute atomic E-state index is 0.375. The van der Waals surface area contributed by atoms with Crippen molar-refractivity contribution >= 4 is 11.3 Å². The van der Waals surface area contributed by atoms with E-state index in [0.29, 0.717) is 6.04 Å². The number of methoxy groups -OCH3 is 1. The van der Waals surface area contributed by atoms with Crippen molar-refractivity contribution in [1.82, 2.24) is 5.32 Å². The van der Waals surface area contributed by atoms with E-state index in [1.807, 2.05) is 6.07 Å². The fraction of sp³-hybridized carbons (Fsp3) is 0.375. The second-order valence-electron chi connectivity index (χ2n) is 4.49.